The summed E-state index contributed by atoms with van der Waals surface area (Å²) in [5, 5.41) is 0.776. The molecule has 2 rings (SSSR count). The molecule has 1 heteroatoms. The fraction of sp³-hybridized carbons (Fsp3) is 0.125. The van der Waals surface area contributed by atoms with E-state index in [2.05, 4.69) is 43.3 Å². The molecule has 1 unspecified atom stereocenters. The third-order valence-electron chi connectivity index (χ3n) is 2.77. The fourth-order valence-corrected chi connectivity index (χ4v) is 1.82. The van der Waals surface area contributed by atoms with Gasteiger partial charge in [-0.05, 0) is 29.2 Å². The van der Waals surface area contributed by atoms with E-state index in [9.17, 15) is 0 Å². The second-order valence-electron chi connectivity index (χ2n) is 4.11. The van der Waals surface area contributed by atoms with Gasteiger partial charge in [-0.2, -0.15) is 0 Å². The molecule has 17 heavy (non-hydrogen) atoms. The maximum absolute atomic E-state index is 5.85. The van der Waals surface area contributed by atoms with E-state index in [1.165, 1.54) is 11.1 Å². The van der Waals surface area contributed by atoms with Gasteiger partial charge in [-0.1, -0.05) is 73.1 Å². The van der Waals surface area contributed by atoms with Gasteiger partial charge in [-0.25, -0.2) is 0 Å². The molecule has 0 amide bonds. The van der Waals surface area contributed by atoms with Crippen molar-refractivity contribution in [1.82, 2.24) is 0 Å². The van der Waals surface area contributed by atoms with E-state index in [0.717, 1.165) is 5.02 Å². The standard InChI is InChI=1S/C16H15Cl/c1-13(15-5-3-2-4-6-15)7-8-14-9-11-16(17)12-10-14/h2-13H,1H3. The summed E-state index contributed by atoms with van der Waals surface area (Å²) in [4.78, 5) is 0. The smallest absolute Gasteiger partial charge is 0.0406 e. The Bertz CT molecular complexity index is 483. The van der Waals surface area contributed by atoms with Gasteiger partial charge in [0.15, 0.2) is 0 Å². The van der Waals surface area contributed by atoms with Crippen LogP contribution in [0.15, 0.2) is 60.7 Å². The predicted molar refractivity (Wildman–Crippen MR) is 75.3 cm³/mol. The van der Waals surface area contributed by atoms with E-state index in [-0.39, 0.29) is 0 Å². The van der Waals surface area contributed by atoms with E-state index in [0.29, 0.717) is 5.92 Å². The Morgan fingerprint density at radius 1 is 0.941 bits per heavy atom. The van der Waals surface area contributed by atoms with Crippen molar-refractivity contribution in [3.05, 3.63) is 76.8 Å². The summed E-state index contributed by atoms with van der Waals surface area (Å²) in [6.07, 6.45) is 4.34. The summed E-state index contributed by atoms with van der Waals surface area (Å²) in [6.45, 7) is 2.20. The summed E-state index contributed by atoms with van der Waals surface area (Å²) >= 11 is 5.85. The van der Waals surface area contributed by atoms with Crippen LogP contribution in [-0.2, 0) is 0 Å². The third kappa shape index (κ3) is 3.47. The van der Waals surface area contributed by atoms with Gasteiger partial charge in [0, 0.05) is 5.02 Å². The topological polar surface area (TPSA) is 0 Å². The van der Waals surface area contributed by atoms with Crippen molar-refractivity contribution < 1.29 is 0 Å². The zero-order chi connectivity index (χ0) is 12.1. The third-order valence-corrected chi connectivity index (χ3v) is 3.02. The summed E-state index contributed by atoms with van der Waals surface area (Å²) in [7, 11) is 0. The molecule has 0 aliphatic heterocycles. The maximum atomic E-state index is 5.85. The summed E-state index contributed by atoms with van der Waals surface area (Å²) in [6, 6.07) is 18.4. The first kappa shape index (κ1) is 11.9. The molecule has 0 bridgehead atoms. The minimum atomic E-state index is 0.423. The normalized spacial score (nSPS) is 12.8. The Labute approximate surface area is 108 Å². The molecule has 0 heterocycles. The van der Waals surface area contributed by atoms with E-state index in [1.807, 2.05) is 30.3 Å². The van der Waals surface area contributed by atoms with Crippen molar-refractivity contribution >= 4 is 17.7 Å². The van der Waals surface area contributed by atoms with Crippen LogP contribution in [0, 0.1) is 0 Å². The van der Waals surface area contributed by atoms with Gasteiger partial charge in [0.05, 0.1) is 0 Å². The Hall–Kier alpha value is -1.53. The molecule has 0 aliphatic carbocycles. The van der Waals surface area contributed by atoms with Crippen LogP contribution in [-0.4, -0.2) is 0 Å². The first-order valence-corrected chi connectivity index (χ1v) is 6.12. The Morgan fingerprint density at radius 2 is 1.59 bits per heavy atom. The van der Waals surface area contributed by atoms with Crippen molar-refractivity contribution in [3.8, 4) is 0 Å². The zero-order valence-corrected chi connectivity index (χ0v) is 10.6. The average molecular weight is 243 g/mol. The quantitative estimate of drug-likeness (QED) is 0.698. The van der Waals surface area contributed by atoms with Crippen LogP contribution >= 0.6 is 11.6 Å². The second kappa shape index (κ2) is 5.70. The van der Waals surface area contributed by atoms with Crippen molar-refractivity contribution in [3.63, 3.8) is 0 Å². The van der Waals surface area contributed by atoms with Gasteiger partial charge in [0.2, 0.25) is 0 Å². The van der Waals surface area contributed by atoms with Crippen LogP contribution < -0.4 is 0 Å². The Balaban J connectivity index is 2.08. The highest BCUT2D eigenvalue weighted by Gasteiger charge is 1.99. The molecule has 1 atom stereocenters. The molecule has 0 spiro atoms. The van der Waals surface area contributed by atoms with Crippen LogP contribution in [0.1, 0.15) is 24.0 Å². The molecule has 0 saturated heterocycles. The number of hydrogen-bond donors (Lipinski definition) is 0. The Morgan fingerprint density at radius 3 is 2.24 bits per heavy atom. The highest BCUT2D eigenvalue weighted by atomic mass is 35.5. The van der Waals surface area contributed by atoms with Gasteiger partial charge in [0.1, 0.15) is 0 Å². The molecule has 0 aliphatic rings. The van der Waals surface area contributed by atoms with Gasteiger partial charge in [-0.15, -0.1) is 0 Å². The largest absolute Gasteiger partial charge is 0.0843 e. The molecule has 0 radical (unpaired) electrons. The average Bonchev–Trinajstić information content (AvgIpc) is 2.39. The number of rotatable bonds is 3. The first-order chi connectivity index (χ1) is 8.25. The molecule has 86 valence electrons. The van der Waals surface area contributed by atoms with Gasteiger partial charge in [0.25, 0.3) is 0 Å². The minimum absolute atomic E-state index is 0.423. The van der Waals surface area contributed by atoms with Crippen molar-refractivity contribution in [2.75, 3.05) is 0 Å². The number of allylic oxidation sites excluding steroid dienone is 1. The second-order valence-corrected chi connectivity index (χ2v) is 4.55. The van der Waals surface area contributed by atoms with Crippen LogP contribution in [0.3, 0.4) is 0 Å². The molecule has 0 saturated carbocycles. The monoisotopic (exact) mass is 242 g/mol. The highest BCUT2D eigenvalue weighted by molar-refractivity contribution is 6.30. The zero-order valence-electron chi connectivity index (χ0n) is 9.81. The van der Waals surface area contributed by atoms with E-state index in [4.69, 9.17) is 11.6 Å². The molecule has 0 N–H and O–H groups in total. The molecule has 0 nitrogen and oxygen atoms in total. The van der Waals surface area contributed by atoms with E-state index < -0.39 is 0 Å². The van der Waals surface area contributed by atoms with Gasteiger partial charge >= 0.3 is 0 Å². The first-order valence-electron chi connectivity index (χ1n) is 5.74. The lowest BCUT2D eigenvalue weighted by molar-refractivity contribution is 0.973. The van der Waals surface area contributed by atoms with Gasteiger partial charge < -0.3 is 0 Å². The van der Waals surface area contributed by atoms with Crippen molar-refractivity contribution in [2.24, 2.45) is 0 Å². The molecule has 2 aromatic carbocycles. The van der Waals surface area contributed by atoms with Gasteiger partial charge in [-0.3, -0.25) is 0 Å². The lowest BCUT2D eigenvalue weighted by Gasteiger charge is -2.05. The molecule has 0 aromatic heterocycles. The highest BCUT2D eigenvalue weighted by Crippen LogP contribution is 2.18. The number of hydrogen-bond acceptors (Lipinski definition) is 0. The van der Waals surface area contributed by atoms with E-state index >= 15 is 0 Å². The molecule has 2 aromatic rings. The van der Waals surface area contributed by atoms with E-state index in [1.54, 1.807) is 0 Å². The Kier molecular flexibility index (Phi) is 4.00. The summed E-state index contributed by atoms with van der Waals surface area (Å²) < 4.78 is 0. The SMILES string of the molecule is CC(C=Cc1ccc(Cl)cc1)c1ccccc1. The lowest BCUT2D eigenvalue weighted by Crippen LogP contribution is -1.87. The van der Waals surface area contributed by atoms with Crippen LogP contribution in [0.2, 0.25) is 5.02 Å². The van der Waals surface area contributed by atoms with Crippen molar-refractivity contribution in [2.45, 2.75) is 12.8 Å². The fourth-order valence-electron chi connectivity index (χ4n) is 1.70. The number of benzene rings is 2. The minimum Gasteiger partial charge on any atom is -0.0843 e. The summed E-state index contributed by atoms with van der Waals surface area (Å²) in [5.74, 6) is 0.423. The van der Waals surface area contributed by atoms with Crippen molar-refractivity contribution in [1.29, 1.82) is 0 Å². The van der Waals surface area contributed by atoms with Crippen LogP contribution in [0.5, 0.6) is 0 Å². The summed E-state index contributed by atoms with van der Waals surface area (Å²) in [5.41, 5.74) is 2.51. The lowest BCUT2D eigenvalue weighted by atomic mass is 10.00. The molecular formula is C16H15Cl. The van der Waals surface area contributed by atoms with Crippen LogP contribution in [0.25, 0.3) is 6.08 Å². The predicted octanol–water partition coefficient (Wildman–Crippen LogP) is 5.16. The molecular weight excluding hydrogens is 228 g/mol. The van der Waals surface area contributed by atoms with Crippen LogP contribution in [0.4, 0.5) is 0 Å². The molecule has 0 fully saturated rings. The number of halogens is 1. The maximum Gasteiger partial charge on any atom is 0.0406 e.